The Labute approximate surface area is 74.9 Å². The van der Waals surface area contributed by atoms with Crippen LogP contribution < -0.4 is 4.72 Å². The third-order valence-corrected chi connectivity index (χ3v) is 3.67. The van der Waals surface area contributed by atoms with Crippen molar-refractivity contribution >= 4 is 26.5 Å². The number of rotatable bonds is 3. The first-order chi connectivity index (χ1) is 5.52. The number of sulfonamides is 1. The molecule has 5 nitrogen and oxygen atoms in total. The summed E-state index contributed by atoms with van der Waals surface area (Å²) in [7, 11) is -3.26. The summed E-state index contributed by atoms with van der Waals surface area (Å²) < 4.78 is 24.8. The van der Waals surface area contributed by atoms with Gasteiger partial charge in [-0.25, -0.2) is 8.42 Å². The van der Waals surface area contributed by atoms with Gasteiger partial charge >= 0.3 is 0 Å². The Morgan fingerprint density at radius 3 is 2.67 bits per heavy atom. The van der Waals surface area contributed by atoms with E-state index in [1.165, 1.54) is 5.51 Å². The molecule has 0 saturated carbocycles. The quantitative estimate of drug-likeness (QED) is 0.791. The lowest BCUT2D eigenvalue weighted by Crippen LogP contribution is -2.22. The van der Waals surface area contributed by atoms with Gasteiger partial charge in [0.05, 0.1) is 5.25 Å². The Balaban J connectivity index is 2.77. The zero-order valence-electron chi connectivity index (χ0n) is 6.68. The molecule has 12 heavy (non-hydrogen) atoms. The monoisotopic (exact) mass is 207 g/mol. The lowest BCUT2D eigenvalue weighted by Gasteiger charge is -2.06. The smallest absolute Gasteiger partial charge is 0.236 e. The number of nitrogens with zero attached hydrogens (tertiary/aromatic N) is 2. The highest BCUT2D eigenvalue weighted by Gasteiger charge is 2.16. The van der Waals surface area contributed by atoms with Crippen LogP contribution >= 0.6 is 11.3 Å². The second kappa shape index (κ2) is 3.36. The molecular formula is C5H9N3O2S2. The van der Waals surface area contributed by atoms with Crippen LogP contribution in [0.3, 0.4) is 0 Å². The van der Waals surface area contributed by atoms with Gasteiger partial charge in [0.1, 0.15) is 5.51 Å². The van der Waals surface area contributed by atoms with Crippen LogP contribution in [-0.2, 0) is 10.0 Å². The molecule has 7 heteroatoms. The summed E-state index contributed by atoms with van der Waals surface area (Å²) in [5.41, 5.74) is 1.47. The van der Waals surface area contributed by atoms with Crippen molar-refractivity contribution in [3.05, 3.63) is 5.51 Å². The highest BCUT2D eigenvalue weighted by atomic mass is 32.2. The first-order valence-electron chi connectivity index (χ1n) is 3.30. The number of aromatic nitrogens is 2. The molecular weight excluding hydrogens is 198 g/mol. The molecule has 1 aromatic heterocycles. The Morgan fingerprint density at radius 2 is 2.25 bits per heavy atom. The summed E-state index contributed by atoms with van der Waals surface area (Å²) in [6.07, 6.45) is 0. The van der Waals surface area contributed by atoms with Crippen LogP contribution in [0.5, 0.6) is 0 Å². The molecule has 0 bridgehead atoms. The predicted octanol–water partition coefficient (Wildman–Crippen LogP) is 0.688. The van der Waals surface area contributed by atoms with E-state index in [4.69, 9.17) is 0 Å². The van der Waals surface area contributed by atoms with Crippen molar-refractivity contribution in [1.29, 1.82) is 0 Å². The molecule has 0 radical (unpaired) electrons. The minimum atomic E-state index is -3.26. The normalized spacial score (nSPS) is 11.9. The Morgan fingerprint density at radius 1 is 1.58 bits per heavy atom. The van der Waals surface area contributed by atoms with E-state index in [2.05, 4.69) is 14.9 Å². The van der Waals surface area contributed by atoms with E-state index in [0.29, 0.717) is 5.13 Å². The van der Waals surface area contributed by atoms with Crippen molar-refractivity contribution in [3.63, 3.8) is 0 Å². The molecule has 0 unspecified atom stereocenters. The number of nitrogens with one attached hydrogen (secondary N) is 1. The van der Waals surface area contributed by atoms with Crippen LogP contribution in [0, 0.1) is 0 Å². The van der Waals surface area contributed by atoms with Crippen LogP contribution in [0.2, 0.25) is 0 Å². The molecule has 0 aromatic carbocycles. The molecule has 0 aliphatic carbocycles. The molecule has 1 heterocycles. The van der Waals surface area contributed by atoms with Gasteiger partial charge in [-0.3, -0.25) is 4.72 Å². The van der Waals surface area contributed by atoms with Crippen molar-refractivity contribution in [2.45, 2.75) is 19.1 Å². The SMILES string of the molecule is CC(C)S(=O)(=O)Nc1nncs1. The fourth-order valence-corrected chi connectivity index (χ4v) is 1.81. The zero-order chi connectivity index (χ0) is 9.19. The Kier molecular flexibility index (Phi) is 2.63. The fraction of sp³-hybridized carbons (Fsp3) is 0.600. The van der Waals surface area contributed by atoms with E-state index in [-0.39, 0.29) is 0 Å². The standard InChI is InChI=1S/C5H9N3O2S2/c1-4(2)12(9,10)8-5-7-6-3-11-5/h3-4H,1-2H3,(H,7,8). The van der Waals surface area contributed by atoms with Gasteiger partial charge in [-0.1, -0.05) is 11.3 Å². The van der Waals surface area contributed by atoms with E-state index in [1.807, 2.05) is 0 Å². The molecule has 68 valence electrons. The molecule has 0 saturated heterocycles. The van der Waals surface area contributed by atoms with Crippen molar-refractivity contribution in [1.82, 2.24) is 10.2 Å². The van der Waals surface area contributed by atoms with Crippen LogP contribution in [0.1, 0.15) is 13.8 Å². The molecule has 0 amide bonds. The molecule has 0 aliphatic heterocycles. The highest BCUT2D eigenvalue weighted by Crippen LogP contribution is 2.12. The molecule has 0 aliphatic rings. The predicted molar refractivity (Wildman–Crippen MR) is 47.6 cm³/mol. The summed E-state index contributed by atoms with van der Waals surface area (Å²) >= 11 is 1.15. The van der Waals surface area contributed by atoms with Crippen LogP contribution in [0.15, 0.2) is 5.51 Å². The van der Waals surface area contributed by atoms with Gasteiger partial charge < -0.3 is 0 Å². The average molecular weight is 207 g/mol. The van der Waals surface area contributed by atoms with Crippen molar-refractivity contribution in [2.75, 3.05) is 4.72 Å². The van der Waals surface area contributed by atoms with Gasteiger partial charge in [0, 0.05) is 0 Å². The van der Waals surface area contributed by atoms with E-state index in [9.17, 15) is 8.42 Å². The van der Waals surface area contributed by atoms with Crippen molar-refractivity contribution < 1.29 is 8.42 Å². The molecule has 0 atom stereocenters. The van der Waals surface area contributed by atoms with Crippen molar-refractivity contribution in [2.24, 2.45) is 0 Å². The lowest BCUT2D eigenvalue weighted by molar-refractivity contribution is 0.592. The van der Waals surface area contributed by atoms with Gasteiger partial charge in [-0.15, -0.1) is 10.2 Å². The largest absolute Gasteiger partial charge is 0.257 e. The first-order valence-corrected chi connectivity index (χ1v) is 5.73. The van der Waals surface area contributed by atoms with E-state index < -0.39 is 15.3 Å². The van der Waals surface area contributed by atoms with Crippen LogP contribution in [-0.4, -0.2) is 23.9 Å². The minimum Gasteiger partial charge on any atom is -0.257 e. The summed E-state index contributed by atoms with van der Waals surface area (Å²) in [6.45, 7) is 3.20. The molecule has 1 rings (SSSR count). The highest BCUT2D eigenvalue weighted by molar-refractivity contribution is 7.93. The van der Waals surface area contributed by atoms with Gasteiger partial charge in [0.2, 0.25) is 15.2 Å². The van der Waals surface area contributed by atoms with E-state index in [1.54, 1.807) is 13.8 Å². The second-order valence-electron chi connectivity index (χ2n) is 2.44. The molecule has 0 spiro atoms. The topological polar surface area (TPSA) is 72.0 Å². The zero-order valence-corrected chi connectivity index (χ0v) is 8.32. The van der Waals surface area contributed by atoms with Gasteiger partial charge in [-0.05, 0) is 13.8 Å². The average Bonchev–Trinajstić information content (AvgIpc) is 2.38. The Bertz CT molecular complexity index is 330. The Hall–Kier alpha value is -0.690. The maximum absolute atomic E-state index is 11.2. The number of hydrogen-bond donors (Lipinski definition) is 1. The number of hydrogen-bond acceptors (Lipinski definition) is 5. The summed E-state index contributed by atoms with van der Waals surface area (Å²) in [4.78, 5) is 0. The molecule has 0 fully saturated rings. The maximum atomic E-state index is 11.2. The van der Waals surface area contributed by atoms with Gasteiger partial charge in [0.25, 0.3) is 0 Å². The number of anilines is 1. The maximum Gasteiger partial charge on any atom is 0.236 e. The fourth-order valence-electron chi connectivity index (χ4n) is 0.457. The molecule has 1 aromatic rings. The van der Waals surface area contributed by atoms with E-state index in [0.717, 1.165) is 11.3 Å². The third kappa shape index (κ3) is 2.15. The summed E-state index contributed by atoms with van der Waals surface area (Å²) in [5, 5.41) is 6.92. The van der Waals surface area contributed by atoms with E-state index >= 15 is 0 Å². The minimum absolute atomic E-state index is 0.309. The van der Waals surface area contributed by atoms with Crippen LogP contribution in [0.25, 0.3) is 0 Å². The first kappa shape index (κ1) is 9.40. The van der Waals surface area contributed by atoms with Gasteiger partial charge in [0.15, 0.2) is 0 Å². The molecule has 1 N–H and O–H groups in total. The third-order valence-electron chi connectivity index (χ3n) is 1.21. The van der Waals surface area contributed by atoms with Gasteiger partial charge in [-0.2, -0.15) is 0 Å². The van der Waals surface area contributed by atoms with Crippen molar-refractivity contribution in [3.8, 4) is 0 Å². The summed E-state index contributed by atoms with van der Waals surface area (Å²) in [5.74, 6) is 0. The lowest BCUT2D eigenvalue weighted by atomic mass is 10.6. The second-order valence-corrected chi connectivity index (χ2v) is 5.51. The summed E-state index contributed by atoms with van der Waals surface area (Å²) in [6, 6.07) is 0. The van der Waals surface area contributed by atoms with Crippen LogP contribution in [0.4, 0.5) is 5.13 Å².